The summed E-state index contributed by atoms with van der Waals surface area (Å²) in [6.45, 7) is 3.23. The van der Waals surface area contributed by atoms with Crippen LogP contribution in [-0.4, -0.2) is 47.8 Å². The minimum Gasteiger partial charge on any atom is -0.492 e. The number of amides is 3. The van der Waals surface area contributed by atoms with E-state index in [0.717, 1.165) is 17.0 Å². The number of rotatable bonds is 11. The Morgan fingerprint density at radius 2 is 1.76 bits per heavy atom. The van der Waals surface area contributed by atoms with E-state index in [2.05, 4.69) is 9.69 Å². The van der Waals surface area contributed by atoms with Crippen molar-refractivity contribution in [3.63, 3.8) is 0 Å². The van der Waals surface area contributed by atoms with Crippen molar-refractivity contribution in [2.75, 3.05) is 30.4 Å². The molecule has 1 heterocycles. The van der Waals surface area contributed by atoms with Crippen molar-refractivity contribution in [1.29, 1.82) is 0 Å². The van der Waals surface area contributed by atoms with E-state index in [1.807, 2.05) is 0 Å². The maximum absolute atomic E-state index is 14.0. The van der Waals surface area contributed by atoms with Crippen LogP contribution in [0, 0.1) is 5.82 Å². The molecule has 0 aliphatic heterocycles. The molecule has 3 amide bonds. The number of ether oxygens (including phenoxy) is 2. The molecule has 38 heavy (non-hydrogen) atoms. The summed E-state index contributed by atoms with van der Waals surface area (Å²) in [5, 5.41) is 2.47. The van der Waals surface area contributed by atoms with Crippen LogP contribution in [0.5, 0.6) is 5.75 Å². The van der Waals surface area contributed by atoms with Gasteiger partial charge < -0.3 is 26.3 Å². The van der Waals surface area contributed by atoms with Gasteiger partial charge >= 0.3 is 5.97 Å². The van der Waals surface area contributed by atoms with Crippen LogP contribution in [0.1, 0.15) is 45.6 Å². The number of anilines is 2. The van der Waals surface area contributed by atoms with Crippen LogP contribution in [0.4, 0.5) is 15.8 Å². The number of nitrogens with zero attached hydrogens (tertiary/aromatic N) is 2. The quantitative estimate of drug-likeness (QED) is 0.310. The summed E-state index contributed by atoms with van der Waals surface area (Å²) in [6.07, 6.45) is 0. The molecule has 3 aromatic rings. The van der Waals surface area contributed by atoms with Gasteiger partial charge in [0, 0.05) is 0 Å². The summed E-state index contributed by atoms with van der Waals surface area (Å²) in [6, 6.07) is 9.94. The van der Waals surface area contributed by atoms with E-state index in [9.17, 15) is 23.6 Å². The molecule has 13 heteroatoms. The molecule has 2 aromatic carbocycles. The van der Waals surface area contributed by atoms with Gasteiger partial charge in [0.05, 0.1) is 24.6 Å². The standard InChI is InChI=1S/C25H26FN5O6S/c1-3-36-17-8-6-5-7-16(17)31(25(35)22-19(27)20(23(28)33)30-38-22)21(14-9-11-15(26)12-10-14)24(34)29-13-18(32)37-4-2/h5-12,21H,3-4,13,27H2,1-2H3,(H2,28,33)(H,29,34)/t21-/m1/s1. The first-order chi connectivity index (χ1) is 18.2. The Morgan fingerprint density at radius 3 is 2.37 bits per heavy atom. The van der Waals surface area contributed by atoms with Crippen LogP contribution < -0.4 is 26.4 Å². The number of para-hydroxylation sites is 2. The lowest BCUT2D eigenvalue weighted by atomic mass is 10.0. The summed E-state index contributed by atoms with van der Waals surface area (Å²) in [5.74, 6) is -3.51. The van der Waals surface area contributed by atoms with Crippen LogP contribution >= 0.6 is 11.5 Å². The van der Waals surface area contributed by atoms with Crippen molar-refractivity contribution in [2.45, 2.75) is 19.9 Å². The third-order valence-electron chi connectivity index (χ3n) is 5.20. The summed E-state index contributed by atoms with van der Waals surface area (Å²) >= 11 is 0.633. The van der Waals surface area contributed by atoms with Gasteiger partial charge in [-0.2, -0.15) is 4.37 Å². The van der Waals surface area contributed by atoms with Gasteiger partial charge in [0.15, 0.2) is 5.69 Å². The first kappa shape index (κ1) is 28.1. The first-order valence-corrected chi connectivity index (χ1v) is 12.3. The molecule has 0 spiro atoms. The number of nitrogens with two attached hydrogens (primary N) is 2. The van der Waals surface area contributed by atoms with Crippen molar-refractivity contribution >= 4 is 46.6 Å². The van der Waals surface area contributed by atoms with E-state index in [4.69, 9.17) is 20.9 Å². The molecular formula is C25H26FN5O6S. The molecule has 200 valence electrons. The highest BCUT2D eigenvalue weighted by Gasteiger charge is 2.37. The van der Waals surface area contributed by atoms with Gasteiger partial charge in [-0.15, -0.1) is 0 Å². The van der Waals surface area contributed by atoms with E-state index >= 15 is 0 Å². The molecule has 5 N–H and O–H groups in total. The maximum atomic E-state index is 14.0. The molecule has 0 fully saturated rings. The topological polar surface area (TPSA) is 167 Å². The van der Waals surface area contributed by atoms with Gasteiger partial charge in [0.2, 0.25) is 5.91 Å². The molecule has 0 aliphatic carbocycles. The predicted octanol–water partition coefficient (Wildman–Crippen LogP) is 2.43. The molecule has 0 saturated carbocycles. The average Bonchev–Trinajstić information content (AvgIpc) is 3.28. The Kier molecular flexibility index (Phi) is 9.33. The number of esters is 1. The smallest absolute Gasteiger partial charge is 0.325 e. The summed E-state index contributed by atoms with van der Waals surface area (Å²) in [5.41, 5.74) is 11.2. The van der Waals surface area contributed by atoms with Crippen molar-refractivity contribution in [3.8, 4) is 5.75 Å². The molecule has 1 atom stereocenters. The van der Waals surface area contributed by atoms with Crippen LogP contribution in [-0.2, 0) is 14.3 Å². The highest BCUT2D eigenvalue weighted by molar-refractivity contribution is 7.09. The third-order valence-corrected chi connectivity index (χ3v) is 6.05. The lowest BCUT2D eigenvalue weighted by Crippen LogP contribution is -2.45. The average molecular weight is 544 g/mol. The minimum absolute atomic E-state index is 0.106. The number of benzene rings is 2. The second-order valence-electron chi connectivity index (χ2n) is 7.69. The fourth-order valence-electron chi connectivity index (χ4n) is 3.57. The first-order valence-electron chi connectivity index (χ1n) is 11.5. The predicted molar refractivity (Wildman–Crippen MR) is 138 cm³/mol. The van der Waals surface area contributed by atoms with E-state index in [-0.39, 0.29) is 46.5 Å². The number of hydrogen-bond acceptors (Lipinski definition) is 9. The molecule has 1 aromatic heterocycles. The van der Waals surface area contributed by atoms with Crippen LogP contribution in [0.3, 0.4) is 0 Å². The molecule has 0 unspecified atom stereocenters. The Balaban J connectivity index is 2.21. The number of carbonyl (C=O) groups is 4. The second-order valence-corrected chi connectivity index (χ2v) is 8.46. The number of halogens is 1. The maximum Gasteiger partial charge on any atom is 0.325 e. The van der Waals surface area contributed by atoms with Gasteiger partial charge in [0.1, 0.15) is 29.0 Å². The van der Waals surface area contributed by atoms with Gasteiger partial charge in [-0.05, 0) is 55.2 Å². The number of hydrogen-bond donors (Lipinski definition) is 3. The molecule has 0 saturated heterocycles. The SMILES string of the molecule is CCOC(=O)CNC(=O)[C@@H](c1ccc(F)cc1)N(C(=O)c1snc(C(N)=O)c1N)c1ccccc1OCC. The zero-order chi connectivity index (χ0) is 27.8. The Hall–Kier alpha value is -4.52. The van der Waals surface area contributed by atoms with Crippen molar-refractivity contribution in [1.82, 2.24) is 9.69 Å². The summed E-state index contributed by atoms with van der Waals surface area (Å²) in [7, 11) is 0. The summed E-state index contributed by atoms with van der Waals surface area (Å²) < 4.78 is 28.3. The fourth-order valence-corrected chi connectivity index (χ4v) is 4.31. The van der Waals surface area contributed by atoms with Crippen LogP contribution in [0.2, 0.25) is 0 Å². The van der Waals surface area contributed by atoms with Gasteiger partial charge in [-0.1, -0.05) is 24.3 Å². The molecule has 3 rings (SSSR count). The zero-order valence-corrected chi connectivity index (χ0v) is 21.4. The normalized spacial score (nSPS) is 11.3. The minimum atomic E-state index is -1.43. The molecular weight excluding hydrogens is 517 g/mol. The largest absolute Gasteiger partial charge is 0.492 e. The summed E-state index contributed by atoms with van der Waals surface area (Å²) in [4.78, 5) is 52.2. The number of nitrogen functional groups attached to an aromatic ring is 1. The number of carbonyl (C=O) groups excluding carboxylic acids is 4. The molecule has 0 bridgehead atoms. The van der Waals surface area contributed by atoms with Crippen molar-refractivity contribution in [3.05, 3.63) is 70.5 Å². The Labute approximate surface area is 221 Å². The Morgan fingerprint density at radius 1 is 1.08 bits per heavy atom. The van der Waals surface area contributed by atoms with E-state index in [1.54, 1.807) is 38.1 Å². The third kappa shape index (κ3) is 6.24. The lowest BCUT2D eigenvalue weighted by molar-refractivity contribution is -0.143. The van der Waals surface area contributed by atoms with Crippen molar-refractivity contribution in [2.24, 2.45) is 5.73 Å². The lowest BCUT2D eigenvalue weighted by Gasteiger charge is -2.32. The number of aromatic nitrogens is 1. The van der Waals surface area contributed by atoms with Gasteiger partial charge in [-0.3, -0.25) is 24.1 Å². The highest BCUT2D eigenvalue weighted by atomic mass is 32.1. The number of nitrogens with one attached hydrogen (secondary N) is 1. The molecule has 0 aliphatic rings. The van der Waals surface area contributed by atoms with Gasteiger partial charge in [0.25, 0.3) is 11.8 Å². The zero-order valence-electron chi connectivity index (χ0n) is 20.6. The fraction of sp³-hybridized carbons (Fsp3) is 0.240. The second kappa shape index (κ2) is 12.6. The van der Waals surface area contributed by atoms with Crippen molar-refractivity contribution < 1.29 is 33.0 Å². The van der Waals surface area contributed by atoms with E-state index < -0.39 is 42.1 Å². The van der Waals surface area contributed by atoms with Crippen LogP contribution in [0.25, 0.3) is 0 Å². The van der Waals surface area contributed by atoms with Gasteiger partial charge in [-0.25, -0.2) is 4.39 Å². The van der Waals surface area contributed by atoms with E-state index in [0.29, 0.717) is 11.5 Å². The van der Waals surface area contributed by atoms with Crippen LogP contribution in [0.15, 0.2) is 48.5 Å². The number of primary amides is 1. The van der Waals surface area contributed by atoms with E-state index in [1.165, 1.54) is 12.1 Å². The Bertz CT molecular complexity index is 1330. The highest BCUT2D eigenvalue weighted by Crippen LogP contribution is 2.38. The molecule has 0 radical (unpaired) electrons. The monoisotopic (exact) mass is 543 g/mol. The molecule has 11 nitrogen and oxygen atoms in total.